The van der Waals surface area contributed by atoms with Gasteiger partial charge < -0.3 is 15.2 Å². The lowest BCUT2D eigenvalue weighted by Gasteiger charge is -2.13. The van der Waals surface area contributed by atoms with Crippen LogP contribution in [0.15, 0.2) is 54.6 Å². The van der Waals surface area contributed by atoms with Crippen molar-refractivity contribution in [1.29, 1.82) is 0 Å². The number of benzene rings is 2. The molecule has 1 unspecified atom stereocenters. The maximum absolute atomic E-state index is 12.1. The summed E-state index contributed by atoms with van der Waals surface area (Å²) in [6, 6.07) is 15.9. The highest BCUT2D eigenvalue weighted by atomic mass is 16.5. The molecule has 1 atom stereocenters. The first-order chi connectivity index (χ1) is 13.0. The molecule has 0 saturated carbocycles. The molecule has 2 N–H and O–H groups in total. The lowest BCUT2D eigenvalue weighted by atomic mass is 9.99. The summed E-state index contributed by atoms with van der Waals surface area (Å²) in [5.74, 6) is -1.51. The van der Waals surface area contributed by atoms with Crippen molar-refractivity contribution in [2.75, 3.05) is 13.7 Å². The molecule has 0 saturated heterocycles. The van der Waals surface area contributed by atoms with E-state index in [1.807, 2.05) is 30.3 Å². The molecule has 6 nitrogen and oxygen atoms in total. The fourth-order valence-corrected chi connectivity index (χ4v) is 2.62. The second-order valence-corrected chi connectivity index (χ2v) is 6.18. The van der Waals surface area contributed by atoms with E-state index < -0.39 is 11.9 Å². The van der Waals surface area contributed by atoms with Crippen molar-refractivity contribution in [3.63, 3.8) is 0 Å². The van der Waals surface area contributed by atoms with Crippen molar-refractivity contribution < 1.29 is 24.2 Å². The molecule has 1 amide bonds. The summed E-state index contributed by atoms with van der Waals surface area (Å²) in [5, 5.41) is 12.0. The van der Waals surface area contributed by atoms with Crippen LogP contribution in [0.3, 0.4) is 0 Å². The van der Waals surface area contributed by atoms with Crippen LogP contribution in [0.1, 0.15) is 28.8 Å². The molecule has 0 aliphatic heterocycles. The Kier molecular flexibility index (Phi) is 7.55. The summed E-state index contributed by atoms with van der Waals surface area (Å²) in [6.45, 7) is 0.0276. The number of hydrogen-bond acceptors (Lipinski definition) is 4. The van der Waals surface area contributed by atoms with Crippen molar-refractivity contribution in [3.05, 3.63) is 65.7 Å². The first-order valence-electron chi connectivity index (χ1n) is 8.70. The van der Waals surface area contributed by atoms with Gasteiger partial charge in [-0.2, -0.15) is 0 Å². The number of amides is 1. The van der Waals surface area contributed by atoms with E-state index in [9.17, 15) is 19.5 Å². The third-order valence-corrected chi connectivity index (χ3v) is 4.21. The molecular formula is C21H23NO5. The summed E-state index contributed by atoms with van der Waals surface area (Å²) in [7, 11) is 1.54. The molecule has 0 aliphatic carbocycles. The highest BCUT2D eigenvalue weighted by Gasteiger charge is 2.19. The second kappa shape index (κ2) is 10.1. The molecular weight excluding hydrogens is 346 g/mol. The predicted molar refractivity (Wildman–Crippen MR) is 101 cm³/mol. The predicted octanol–water partition coefficient (Wildman–Crippen LogP) is 2.72. The van der Waals surface area contributed by atoms with E-state index in [-0.39, 0.29) is 31.1 Å². The van der Waals surface area contributed by atoms with Crippen LogP contribution in [0.2, 0.25) is 0 Å². The number of aliphatic carboxylic acids is 1. The number of ether oxygens (including phenoxy) is 1. The first kappa shape index (κ1) is 20.2. The summed E-state index contributed by atoms with van der Waals surface area (Å²) in [5.41, 5.74) is 1.41. The van der Waals surface area contributed by atoms with Crippen LogP contribution >= 0.6 is 0 Å². The Morgan fingerprint density at radius 1 is 1.00 bits per heavy atom. The van der Waals surface area contributed by atoms with E-state index in [0.29, 0.717) is 17.7 Å². The SMILES string of the molecule is COc1ccc(C(=O)CCC(=O)NCC(Cc2ccccc2)C(=O)O)cc1. The number of carboxylic acid groups (broad SMARTS) is 1. The van der Waals surface area contributed by atoms with Gasteiger partial charge in [-0.05, 0) is 36.2 Å². The summed E-state index contributed by atoms with van der Waals surface area (Å²) < 4.78 is 5.04. The summed E-state index contributed by atoms with van der Waals surface area (Å²) >= 11 is 0. The first-order valence-corrected chi connectivity index (χ1v) is 8.70. The zero-order valence-corrected chi connectivity index (χ0v) is 15.2. The molecule has 2 aromatic carbocycles. The maximum Gasteiger partial charge on any atom is 0.308 e. The second-order valence-electron chi connectivity index (χ2n) is 6.18. The standard InChI is InChI=1S/C21H23NO5/c1-27-18-9-7-16(8-10-18)19(23)11-12-20(24)22-14-17(21(25)26)13-15-5-3-2-4-6-15/h2-10,17H,11-14H2,1H3,(H,22,24)(H,25,26). The summed E-state index contributed by atoms with van der Waals surface area (Å²) in [6.07, 6.45) is 0.415. The zero-order chi connectivity index (χ0) is 19.6. The van der Waals surface area contributed by atoms with Gasteiger partial charge >= 0.3 is 5.97 Å². The van der Waals surface area contributed by atoms with E-state index in [2.05, 4.69) is 5.32 Å². The van der Waals surface area contributed by atoms with E-state index in [1.54, 1.807) is 31.4 Å². The highest BCUT2D eigenvalue weighted by molar-refractivity contribution is 5.98. The number of carboxylic acids is 1. The molecule has 0 bridgehead atoms. The largest absolute Gasteiger partial charge is 0.497 e. The average molecular weight is 369 g/mol. The van der Waals surface area contributed by atoms with E-state index in [0.717, 1.165) is 5.56 Å². The average Bonchev–Trinajstić information content (AvgIpc) is 2.69. The molecule has 0 fully saturated rings. The number of Topliss-reactive ketones (excluding diaryl/α,β-unsaturated/α-hetero) is 1. The molecule has 6 heteroatoms. The third-order valence-electron chi connectivity index (χ3n) is 4.21. The van der Waals surface area contributed by atoms with Gasteiger partial charge in [-0.3, -0.25) is 14.4 Å². The third kappa shape index (κ3) is 6.58. The lowest BCUT2D eigenvalue weighted by Crippen LogP contribution is -2.34. The Morgan fingerprint density at radius 2 is 1.67 bits per heavy atom. The van der Waals surface area contributed by atoms with Crippen molar-refractivity contribution in [2.45, 2.75) is 19.3 Å². The van der Waals surface area contributed by atoms with Gasteiger partial charge in [-0.25, -0.2) is 0 Å². The van der Waals surface area contributed by atoms with Crippen molar-refractivity contribution in [3.8, 4) is 5.75 Å². The van der Waals surface area contributed by atoms with Crippen LogP contribution in [-0.2, 0) is 16.0 Å². The Labute approximate surface area is 158 Å². The maximum atomic E-state index is 12.1. The van der Waals surface area contributed by atoms with Crippen LogP contribution in [-0.4, -0.2) is 36.4 Å². The van der Waals surface area contributed by atoms with Crippen molar-refractivity contribution in [2.24, 2.45) is 5.92 Å². The van der Waals surface area contributed by atoms with Gasteiger partial charge in [0.1, 0.15) is 5.75 Å². The Bertz CT molecular complexity index is 771. The number of carbonyl (C=O) groups is 3. The van der Waals surface area contributed by atoms with Gasteiger partial charge in [0.15, 0.2) is 5.78 Å². The van der Waals surface area contributed by atoms with Gasteiger partial charge in [-0.1, -0.05) is 30.3 Å². The molecule has 2 aromatic rings. The van der Waals surface area contributed by atoms with Crippen LogP contribution in [0.4, 0.5) is 0 Å². The van der Waals surface area contributed by atoms with E-state index >= 15 is 0 Å². The quantitative estimate of drug-likeness (QED) is 0.628. The fraction of sp³-hybridized carbons (Fsp3) is 0.286. The van der Waals surface area contributed by atoms with Crippen molar-refractivity contribution >= 4 is 17.7 Å². The molecule has 0 radical (unpaired) electrons. The van der Waals surface area contributed by atoms with Crippen LogP contribution < -0.4 is 10.1 Å². The minimum atomic E-state index is -0.964. The Hall–Kier alpha value is -3.15. The van der Waals surface area contributed by atoms with Gasteiger partial charge in [0.25, 0.3) is 0 Å². The lowest BCUT2D eigenvalue weighted by molar-refractivity contribution is -0.141. The minimum absolute atomic E-state index is 0.0164. The number of hydrogen-bond donors (Lipinski definition) is 2. The minimum Gasteiger partial charge on any atom is -0.497 e. The van der Waals surface area contributed by atoms with Crippen LogP contribution in [0, 0.1) is 5.92 Å². The van der Waals surface area contributed by atoms with Crippen molar-refractivity contribution in [1.82, 2.24) is 5.32 Å². The van der Waals surface area contributed by atoms with Gasteiger partial charge in [-0.15, -0.1) is 0 Å². The van der Waals surface area contributed by atoms with Gasteiger partial charge in [0.05, 0.1) is 13.0 Å². The molecule has 0 aromatic heterocycles. The van der Waals surface area contributed by atoms with Crippen LogP contribution in [0.5, 0.6) is 5.75 Å². The Morgan fingerprint density at radius 3 is 2.26 bits per heavy atom. The van der Waals surface area contributed by atoms with E-state index in [4.69, 9.17) is 4.74 Å². The smallest absolute Gasteiger partial charge is 0.308 e. The zero-order valence-electron chi connectivity index (χ0n) is 15.2. The number of methoxy groups -OCH3 is 1. The number of rotatable bonds is 10. The topological polar surface area (TPSA) is 92.7 Å². The highest BCUT2D eigenvalue weighted by Crippen LogP contribution is 2.13. The summed E-state index contributed by atoms with van der Waals surface area (Å²) in [4.78, 5) is 35.5. The van der Waals surface area contributed by atoms with Gasteiger partial charge in [0, 0.05) is 24.9 Å². The molecule has 27 heavy (non-hydrogen) atoms. The number of carbonyl (C=O) groups excluding carboxylic acids is 2. The Balaban J connectivity index is 1.79. The molecule has 2 rings (SSSR count). The molecule has 0 heterocycles. The van der Waals surface area contributed by atoms with Crippen LogP contribution in [0.25, 0.3) is 0 Å². The molecule has 142 valence electrons. The monoisotopic (exact) mass is 369 g/mol. The number of ketones is 1. The van der Waals surface area contributed by atoms with Gasteiger partial charge in [0.2, 0.25) is 5.91 Å². The van der Waals surface area contributed by atoms with E-state index in [1.165, 1.54) is 0 Å². The fourth-order valence-electron chi connectivity index (χ4n) is 2.62. The number of nitrogens with one attached hydrogen (secondary N) is 1. The molecule has 0 spiro atoms. The normalized spacial score (nSPS) is 11.4. The molecule has 0 aliphatic rings.